The summed E-state index contributed by atoms with van der Waals surface area (Å²) in [6, 6.07) is 5.10. The van der Waals surface area contributed by atoms with Gasteiger partial charge in [-0.1, -0.05) is 37.7 Å². The molecular formula is C18H24FNO. The number of likely N-dealkylation sites (tertiary alicyclic amines) is 1. The highest BCUT2D eigenvalue weighted by molar-refractivity contribution is 5.37. The molecule has 0 unspecified atom stereocenters. The summed E-state index contributed by atoms with van der Waals surface area (Å²) >= 11 is 0. The van der Waals surface area contributed by atoms with E-state index in [2.05, 4.69) is 23.7 Å². The van der Waals surface area contributed by atoms with Gasteiger partial charge < -0.3 is 5.11 Å². The fourth-order valence-corrected chi connectivity index (χ4v) is 2.98. The molecule has 1 fully saturated rings. The molecule has 0 aliphatic carbocycles. The first-order valence-corrected chi connectivity index (χ1v) is 7.83. The maximum absolute atomic E-state index is 14.1. The Balaban J connectivity index is 1.92. The quantitative estimate of drug-likeness (QED) is 0.861. The molecule has 0 bridgehead atoms. The van der Waals surface area contributed by atoms with Gasteiger partial charge in [-0.05, 0) is 44.0 Å². The van der Waals surface area contributed by atoms with E-state index in [9.17, 15) is 4.39 Å². The van der Waals surface area contributed by atoms with Crippen LogP contribution < -0.4 is 0 Å². The molecule has 1 aromatic rings. The molecule has 1 aliphatic rings. The number of hydrogen-bond donors (Lipinski definition) is 1. The van der Waals surface area contributed by atoms with Gasteiger partial charge in [0.2, 0.25) is 0 Å². The number of halogens is 1. The lowest BCUT2D eigenvalue weighted by Crippen LogP contribution is -2.33. The molecule has 2 nitrogen and oxygen atoms in total. The van der Waals surface area contributed by atoms with Crippen molar-refractivity contribution >= 4 is 0 Å². The molecule has 3 heteroatoms. The number of nitrogens with zero attached hydrogens (tertiary/aromatic N) is 1. The Morgan fingerprint density at radius 1 is 1.33 bits per heavy atom. The zero-order valence-electron chi connectivity index (χ0n) is 12.7. The standard InChI is InChI=1S/C18H24FNO/c1-2-4-15-8-10-20(11-9-15)14-17-7-6-16(5-3-12-21)13-18(17)19/h6-7,13,15,21H,2,4,8-12,14H2,1H3. The van der Waals surface area contributed by atoms with Crippen molar-refractivity contribution in [3.05, 3.63) is 35.1 Å². The highest BCUT2D eigenvalue weighted by Gasteiger charge is 2.19. The highest BCUT2D eigenvalue weighted by Crippen LogP contribution is 2.23. The summed E-state index contributed by atoms with van der Waals surface area (Å²) in [6.07, 6.45) is 5.04. The number of aliphatic hydroxyl groups excluding tert-OH is 1. The summed E-state index contributed by atoms with van der Waals surface area (Å²) in [5.41, 5.74) is 1.35. The summed E-state index contributed by atoms with van der Waals surface area (Å²) < 4.78 is 14.1. The molecule has 0 spiro atoms. The first-order valence-electron chi connectivity index (χ1n) is 7.83. The van der Waals surface area contributed by atoms with Crippen molar-refractivity contribution in [1.29, 1.82) is 0 Å². The van der Waals surface area contributed by atoms with Gasteiger partial charge in [0.05, 0.1) is 0 Å². The topological polar surface area (TPSA) is 23.5 Å². The Morgan fingerprint density at radius 2 is 2.10 bits per heavy atom. The lowest BCUT2D eigenvalue weighted by atomic mass is 9.92. The summed E-state index contributed by atoms with van der Waals surface area (Å²) in [4.78, 5) is 2.34. The fourth-order valence-electron chi connectivity index (χ4n) is 2.98. The van der Waals surface area contributed by atoms with Crippen LogP contribution in [0.25, 0.3) is 0 Å². The average molecular weight is 289 g/mol. The predicted octanol–water partition coefficient (Wildman–Crippen LogP) is 3.18. The number of piperidine rings is 1. The second kappa shape index (κ2) is 8.17. The molecule has 1 saturated heterocycles. The molecule has 2 rings (SSSR count). The van der Waals surface area contributed by atoms with E-state index in [1.165, 1.54) is 31.7 Å². The molecule has 114 valence electrons. The van der Waals surface area contributed by atoms with E-state index in [0.29, 0.717) is 12.1 Å². The largest absolute Gasteiger partial charge is 0.384 e. The third-order valence-electron chi connectivity index (χ3n) is 4.16. The van der Waals surface area contributed by atoms with Gasteiger partial charge in [0.25, 0.3) is 0 Å². The minimum Gasteiger partial charge on any atom is -0.384 e. The molecule has 0 saturated carbocycles. The van der Waals surface area contributed by atoms with Crippen LogP contribution in [0.15, 0.2) is 18.2 Å². The Bertz CT molecular complexity index is 510. The van der Waals surface area contributed by atoms with Crippen LogP contribution in [0.3, 0.4) is 0 Å². The zero-order valence-corrected chi connectivity index (χ0v) is 12.7. The maximum atomic E-state index is 14.1. The molecule has 1 N–H and O–H groups in total. The van der Waals surface area contributed by atoms with Gasteiger partial charge in [0.1, 0.15) is 12.4 Å². The van der Waals surface area contributed by atoms with Gasteiger partial charge in [-0.2, -0.15) is 0 Å². The van der Waals surface area contributed by atoms with Gasteiger partial charge in [0, 0.05) is 17.7 Å². The summed E-state index contributed by atoms with van der Waals surface area (Å²) in [6.45, 7) is 4.85. The van der Waals surface area contributed by atoms with Crippen LogP contribution in [-0.2, 0) is 6.54 Å². The van der Waals surface area contributed by atoms with E-state index < -0.39 is 0 Å². The Labute approximate surface area is 127 Å². The molecule has 0 aromatic heterocycles. The molecular weight excluding hydrogens is 265 g/mol. The van der Waals surface area contributed by atoms with E-state index in [1.807, 2.05) is 12.1 Å². The first kappa shape index (κ1) is 16.0. The monoisotopic (exact) mass is 289 g/mol. The van der Waals surface area contributed by atoms with Crippen LogP contribution in [0.4, 0.5) is 4.39 Å². The van der Waals surface area contributed by atoms with Gasteiger partial charge in [-0.15, -0.1) is 0 Å². The Morgan fingerprint density at radius 3 is 2.71 bits per heavy atom. The molecule has 0 radical (unpaired) electrons. The smallest absolute Gasteiger partial charge is 0.128 e. The maximum Gasteiger partial charge on any atom is 0.128 e. The van der Waals surface area contributed by atoms with E-state index >= 15 is 0 Å². The van der Waals surface area contributed by atoms with Crippen molar-refractivity contribution < 1.29 is 9.50 Å². The summed E-state index contributed by atoms with van der Waals surface area (Å²) in [7, 11) is 0. The van der Waals surface area contributed by atoms with Crippen LogP contribution in [-0.4, -0.2) is 29.7 Å². The average Bonchev–Trinajstić information content (AvgIpc) is 2.50. The van der Waals surface area contributed by atoms with E-state index in [-0.39, 0.29) is 12.4 Å². The minimum atomic E-state index is -0.199. The van der Waals surface area contributed by atoms with Crippen LogP contribution in [0, 0.1) is 23.6 Å². The minimum absolute atomic E-state index is 0.198. The first-order chi connectivity index (χ1) is 10.2. The van der Waals surface area contributed by atoms with Crippen molar-refractivity contribution in [3.8, 4) is 11.8 Å². The second-order valence-corrected chi connectivity index (χ2v) is 5.77. The molecule has 1 aromatic carbocycles. The third-order valence-corrected chi connectivity index (χ3v) is 4.16. The van der Waals surface area contributed by atoms with Gasteiger partial charge in [-0.25, -0.2) is 4.39 Å². The fraction of sp³-hybridized carbons (Fsp3) is 0.556. The highest BCUT2D eigenvalue weighted by atomic mass is 19.1. The van der Waals surface area contributed by atoms with Crippen LogP contribution in [0.2, 0.25) is 0 Å². The number of benzene rings is 1. The van der Waals surface area contributed by atoms with Gasteiger partial charge in [-0.3, -0.25) is 4.90 Å². The van der Waals surface area contributed by atoms with Crippen molar-refractivity contribution in [3.63, 3.8) is 0 Å². The van der Waals surface area contributed by atoms with Crippen LogP contribution >= 0.6 is 0 Å². The predicted molar refractivity (Wildman–Crippen MR) is 83.3 cm³/mol. The Hall–Kier alpha value is -1.37. The van der Waals surface area contributed by atoms with E-state index in [4.69, 9.17) is 5.11 Å². The van der Waals surface area contributed by atoms with Gasteiger partial charge in [0.15, 0.2) is 0 Å². The zero-order chi connectivity index (χ0) is 15.1. The number of rotatable bonds is 4. The Kier molecular flexibility index (Phi) is 6.22. The van der Waals surface area contributed by atoms with E-state index in [0.717, 1.165) is 24.6 Å². The molecule has 1 aliphatic heterocycles. The molecule has 0 amide bonds. The third kappa shape index (κ3) is 4.84. The van der Waals surface area contributed by atoms with E-state index in [1.54, 1.807) is 0 Å². The number of hydrogen-bond acceptors (Lipinski definition) is 2. The summed E-state index contributed by atoms with van der Waals surface area (Å²) in [5, 5.41) is 8.65. The number of aliphatic hydroxyl groups is 1. The SMILES string of the molecule is CCCC1CCN(Cc2ccc(C#CCO)cc2F)CC1. The molecule has 21 heavy (non-hydrogen) atoms. The van der Waals surface area contributed by atoms with Crippen molar-refractivity contribution in [2.24, 2.45) is 5.92 Å². The molecule has 0 atom stereocenters. The lowest BCUT2D eigenvalue weighted by Gasteiger charge is -2.31. The van der Waals surface area contributed by atoms with Crippen LogP contribution in [0.5, 0.6) is 0 Å². The normalized spacial score (nSPS) is 16.5. The molecule has 1 heterocycles. The lowest BCUT2D eigenvalue weighted by molar-refractivity contribution is 0.170. The van der Waals surface area contributed by atoms with Crippen molar-refractivity contribution in [2.45, 2.75) is 39.2 Å². The van der Waals surface area contributed by atoms with Crippen LogP contribution in [0.1, 0.15) is 43.7 Å². The van der Waals surface area contributed by atoms with Crippen molar-refractivity contribution in [2.75, 3.05) is 19.7 Å². The summed E-state index contributed by atoms with van der Waals surface area (Å²) in [5.74, 6) is 5.93. The second-order valence-electron chi connectivity index (χ2n) is 5.77. The van der Waals surface area contributed by atoms with Gasteiger partial charge >= 0.3 is 0 Å². The van der Waals surface area contributed by atoms with Crippen molar-refractivity contribution in [1.82, 2.24) is 4.90 Å².